The molecule has 0 bridgehead atoms. The molecular weight excluding hydrogens is 428 g/mol. The van der Waals surface area contributed by atoms with Gasteiger partial charge in [-0.15, -0.1) is 0 Å². The van der Waals surface area contributed by atoms with Gasteiger partial charge in [0.15, 0.2) is 0 Å². The summed E-state index contributed by atoms with van der Waals surface area (Å²) < 4.78 is 113. The lowest BCUT2D eigenvalue weighted by atomic mass is 10.5. The molecule has 16 heteroatoms. The van der Waals surface area contributed by atoms with E-state index in [1.54, 1.807) is 0 Å². The van der Waals surface area contributed by atoms with Crippen LogP contribution in [0.25, 0.3) is 0 Å². The minimum atomic E-state index is -4.27. The molecule has 0 saturated heterocycles. The smallest absolute Gasteiger partial charge is 0.267 e. The van der Waals surface area contributed by atoms with Crippen LogP contribution in [-0.2, 0) is 48.8 Å². The second kappa shape index (κ2) is 10.1. The molecular formula is C9H20O12S4. The first-order valence-corrected chi connectivity index (χ1v) is 13.1. The molecule has 0 aliphatic heterocycles. The molecule has 0 aromatic heterocycles. The fourth-order valence-electron chi connectivity index (χ4n) is 1.38. The van der Waals surface area contributed by atoms with Crippen molar-refractivity contribution < 1.29 is 51.1 Å². The van der Waals surface area contributed by atoms with Crippen LogP contribution in [0.3, 0.4) is 0 Å². The molecule has 0 amide bonds. The van der Waals surface area contributed by atoms with Crippen molar-refractivity contribution in [1.29, 1.82) is 0 Å². The summed E-state index contributed by atoms with van der Waals surface area (Å²) in [7, 11) is -16.6. The fourth-order valence-corrected chi connectivity index (χ4v) is 4.74. The molecule has 0 atom stereocenters. The van der Waals surface area contributed by atoms with Crippen LogP contribution in [0.2, 0.25) is 0 Å². The zero-order chi connectivity index (χ0) is 19.8. The molecule has 0 spiro atoms. The van der Waals surface area contributed by atoms with E-state index in [1.165, 1.54) is 0 Å². The normalized spacial score (nSPS) is 13.8. The van der Waals surface area contributed by atoms with E-state index in [4.69, 9.17) is 9.11 Å². The van der Waals surface area contributed by atoms with Gasteiger partial charge in [0.25, 0.3) is 40.5 Å². The molecule has 2 N–H and O–H groups in total. The predicted octanol–water partition coefficient (Wildman–Crippen LogP) is -1.37. The minimum Gasteiger partial charge on any atom is -0.286 e. The van der Waals surface area contributed by atoms with E-state index in [9.17, 15) is 33.7 Å². The molecule has 0 aromatic rings. The summed E-state index contributed by atoms with van der Waals surface area (Å²) in [4.78, 5) is 0. The monoisotopic (exact) mass is 448 g/mol. The summed E-state index contributed by atoms with van der Waals surface area (Å²) in [6.45, 7) is -0.816. The van der Waals surface area contributed by atoms with E-state index in [1.807, 2.05) is 0 Å². The summed E-state index contributed by atoms with van der Waals surface area (Å²) in [5.41, 5.74) is 0. The van der Waals surface area contributed by atoms with E-state index in [0.717, 1.165) is 0 Å². The van der Waals surface area contributed by atoms with E-state index in [2.05, 4.69) is 8.37 Å². The molecule has 0 rings (SSSR count). The van der Waals surface area contributed by atoms with Crippen LogP contribution >= 0.6 is 0 Å². The quantitative estimate of drug-likeness (QED) is 0.180. The van der Waals surface area contributed by atoms with Crippen molar-refractivity contribution in [3.63, 3.8) is 0 Å². The van der Waals surface area contributed by atoms with Gasteiger partial charge in [-0.1, -0.05) is 0 Å². The lowest BCUT2D eigenvalue weighted by molar-refractivity contribution is 0.254. The van der Waals surface area contributed by atoms with Gasteiger partial charge in [-0.25, -0.2) is 0 Å². The number of hydrogen-bond donors (Lipinski definition) is 2. The fraction of sp³-hybridized carbons (Fsp3) is 1.00. The predicted molar refractivity (Wildman–Crippen MR) is 86.2 cm³/mol. The van der Waals surface area contributed by atoms with Crippen molar-refractivity contribution in [2.45, 2.75) is 19.3 Å². The largest absolute Gasteiger partial charge is 0.286 e. The van der Waals surface area contributed by atoms with Crippen LogP contribution in [0.4, 0.5) is 0 Å². The second-order valence-corrected chi connectivity index (χ2v) is 11.5. The molecule has 0 aromatic carbocycles. The first-order valence-electron chi connectivity index (χ1n) is 6.76. The van der Waals surface area contributed by atoms with Crippen molar-refractivity contribution in [3.8, 4) is 0 Å². The third-order valence-electron chi connectivity index (χ3n) is 2.41. The number of hydrogen-bond acceptors (Lipinski definition) is 10. The van der Waals surface area contributed by atoms with E-state index >= 15 is 0 Å². The van der Waals surface area contributed by atoms with Crippen molar-refractivity contribution in [3.05, 3.63) is 0 Å². The molecule has 0 radical (unpaired) electrons. The van der Waals surface area contributed by atoms with Crippen molar-refractivity contribution in [2.24, 2.45) is 0 Å². The zero-order valence-electron chi connectivity index (χ0n) is 13.0. The summed E-state index contributed by atoms with van der Waals surface area (Å²) in [5, 5.41) is 0. The van der Waals surface area contributed by atoms with E-state index in [0.29, 0.717) is 0 Å². The van der Waals surface area contributed by atoms with Crippen molar-refractivity contribution >= 4 is 40.5 Å². The van der Waals surface area contributed by atoms with Gasteiger partial charge in [0.2, 0.25) is 0 Å². The van der Waals surface area contributed by atoms with Gasteiger partial charge < -0.3 is 0 Å². The third kappa shape index (κ3) is 16.8. The van der Waals surface area contributed by atoms with E-state index < -0.39 is 76.7 Å². The zero-order valence-corrected chi connectivity index (χ0v) is 16.2. The standard InChI is InChI=1S/C9H20O12S4/c10-22(11,12)6-2-8-24(16,17)20-4-1-5-21-25(18,19)9-3-7-23(13,14)15/h1-9H2,(H,10,11,12)(H,13,14,15). The maximum Gasteiger partial charge on any atom is 0.267 e. The molecule has 0 heterocycles. The Kier molecular flexibility index (Phi) is 9.95. The Hall–Kier alpha value is -0.360. The SMILES string of the molecule is O=S(=O)(O)CCCS(=O)(=O)OCCCOS(=O)(=O)CCCS(=O)(=O)O. The van der Waals surface area contributed by atoms with Crippen LogP contribution in [0, 0.1) is 0 Å². The molecule has 25 heavy (non-hydrogen) atoms. The Morgan fingerprint density at radius 1 is 0.520 bits per heavy atom. The first-order chi connectivity index (χ1) is 11.1. The Balaban J connectivity index is 4.00. The van der Waals surface area contributed by atoms with Gasteiger partial charge in [0.1, 0.15) is 0 Å². The third-order valence-corrected chi connectivity index (χ3v) is 6.65. The Morgan fingerprint density at radius 2 is 0.840 bits per heavy atom. The average molecular weight is 449 g/mol. The lowest BCUT2D eigenvalue weighted by Gasteiger charge is -2.06. The second-order valence-electron chi connectivity index (χ2n) is 4.80. The highest BCUT2D eigenvalue weighted by molar-refractivity contribution is 7.87. The number of rotatable bonds is 14. The van der Waals surface area contributed by atoms with Gasteiger partial charge in [-0.3, -0.25) is 17.5 Å². The van der Waals surface area contributed by atoms with Crippen LogP contribution < -0.4 is 0 Å². The van der Waals surface area contributed by atoms with Gasteiger partial charge in [0, 0.05) is 0 Å². The summed E-state index contributed by atoms with van der Waals surface area (Å²) >= 11 is 0. The molecule has 0 unspecified atom stereocenters. The van der Waals surface area contributed by atoms with Crippen LogP contribution in [0.1, 0.15) is 19.3 Å². The Labute approximate surface area is 147 Å². The van der Waals surface area contributed by atoms with Crippen LogP contribution in [0.5, 0.6) is 0 Å². The van der Waals surface area contributed by atoms with Crippen molar-refractivity contribution in [1.82, 2.24) is 0 Å². The highest BCUT2D eigenvalue weighted by Gasteiger charge is 2.16. The molecule has 0 saturated carbocycles. The van der Waals surface area contributed by atoms with Crippen LogP contribution in [0.15, 0.2) is 0 Å². The maximum atomic E-state index is 11.4. The summed E-state index contributed by atoms with van der Waals surface area (Å²) in [5.74, 6) is -2.75. The topological polar surface area (TPSA) is 195 Å². The Morgan fingerprint density at radius 3 is 1.12 bits per heavy atom. The summed E-state index contributed by atoms with van der Waals surface area (Å²) in [6, 6.07) is 0. The highest BCUT2D eigenvalue weighted by Crippen LogP contribution is 2.03. The Bertz CT molecular complexity index is 736. The molecule has 0 fully saturated rings. The van der Waals surface area contributed by atoms with Gasteiger partial charge in [-0.05, 0) is 19.3 Å². The average Bonchev–Trinajstić information content (AvgIpc) is 2.34. The van der Waals surface area contributed by atoms with Crippen molar-refractivity contribution in [2.75, 3.05) is 36.2 Å². The molecule has 0 aliphatic rings. The first kappa shape index (κ1) is 24.6. The van der Waals surface area contributed by atoms with Gasteiger partial charge >= 0.3 is 0 Å². The summed E-state index contributed by atoms with van der Waals surface area (Å²) in [6.07, 6.45) is -0.839. The van der Waals surface area contributed by atoms with Gasteiger partial charge in [-0.2, -0.15) is 33.7 Å². The lowest BCUT2D eigenvalue weighted by Crippen LogP contribution is -2.17. The molecule has 152 valence electrons. The molecule has 12 nitrogen and oxygen atoms in total. The van der Waals surface area contributed by atoms with Gasteiger partial charge in [0.05, 0.1) is 36.2 Å². The van der Waals surface area contributed by atoms with E-state index in [-0.39, 0.29) is 19.3 Å². The highest BCUT2D eigenvalue weighted by atomic mass is 32.2. The van der Waals surface area contributed by atoms with Crippen LogP contribution in [-0.4, -0.2) is 79.0 Å². The maximum absolute atomic E-state index is 11.4. The minimum absolute atomic E-state index is 0.116. The molecule has 0 aliphatic carbocycles.